The van der Waals surface area contributed by atoms with E-state index in [1.807, 2.05) is 0 Å². The molecule has 30 heavy (non-hydrogen) atoms. The van der Waals surface area contributed by atoms with Crippen molar-refractivity contribution >= 4 is 23.3 Å². The average Bonchev–Trinajstić information content (AvgIpc) is 2.64. The Kier molecular flexibility index (Phi) is 5.60. The van der Waals surface area contributed by atoms with Crippen LogP contribution in [0.4, 0.5) is 24.7 Å². The van der Waals surface area contributed by atoms with Gasteiger partial charge < -0.3 is 14.8 Å². The zero-order chi connectivity index (χ0) is 22.1. The number of pyridine rings is 1. The first kappa shape index (κ1) is 21.4. The highest BCUT2D eigenvalue weighted by Crippen LogP contribution is 2.32. The van der Waals surface area contributed by atoms with Crippen LogP contribution in [0.2, 0.25) is 0 Å². The van der Waals surface area contributed by atoms with Crippen LogP contribution in [0.25, 0.3) is 0 Å². The molecule has 0 saturated carbocycles. The molecule has 2 aromatic rings. The number of alkyl halides is 3. The highest BCUT2D eigenvalue weighted by atomic mass is 19.4. The van der Waals surface area contributed by atoms with E-state index in [1.165, 1.54) is 23.2 Å². The molecule has 10 heteroatoms. The van der Waals surface area contributed by atoms with Crippen molar-refractivity contribution in [2.24, 2.45) is 5.41 Å². The number of fused-ring (bicyclic) bond motifs is 1. The molecule has 1 N–H and O–H groups in total. The summed E-state index contributed by atoms with van der Waals surface area (Å²) in [5, 5.41) is 2.65. The molecule has 0 fully saturated rings. The zero-order valence-electron chi connectivity index (χ0n) is 16.5. The predicted molar refractivity (Wildman–Crippen MR) is 102 cm³/mol. The third kappa shape index (κ3) is 5.00. The van der Waals surface area contributed by atoms with Gasteiger partial charge in [0.05, 0.1) is 5.69 Å². The first-order valence-electron chi connectivity index (χ1n) is 9.03. The van der Waals surface area contributed by atoms with Gasteiger partial charge in [-0.2, -0.15) is 0 Å². The lowest BCUT2D eigenvalue weighted by molar-refractivity contribution is -0.274. The van der Waals surface area contributed by atoms with Gasteiger partial charge >= 0.3 is 6.36 Å². The molecule has 7 nitrogen and oxygen atoms in total. The number of ether oxygens (including phenoxy) is 2. The molecule has 1 atom stereocenters. The molecule has 160 valence electrons. The highest BCUT2D eigenvalue weighted by Gasteiger charge is 2.40. The average molecular weight is 423 g/mol. The number of rotatable bonds is 4. The normalized spacial score (nSPS) is 15.1. The molecule has 1 aliphatic heterocycles. The summed E-state index contributed by atoms with van der Waals surface area (Å²) in [5.41, 5.74) is -0.287. The van der Waals surface area contributed by atoms with Crippen LogP contribution in [0, 0.1) is 5.41 Å². The van der Waals surface area contributed by atoms with E-state index in [-0.39, 0.29) is 18.2 Å². The molecule has 3 rings (SSSR count). The van der Waals surface area contributed by atoms with Gasteiger partial charge in [0.2, 0.25) is 5.91 Å². The molecule has 1 aromatic heterocycles. The van der Waals surface area contributed by atoms with Crippen LogP contribution in [0.5, 0.6) is 11.5 Å². The Labute approximate surface area is 170 Å². The Morgan fingerprint density at radius 3 is 2.37 bits per heavy atom. The number of halogens is 3. The fraction of sp³-hybridized carbons (Fsp3) is 0.350. The standard InChI is InChI=1S/C20H20F3N3O4/c1-19(2,3)16(29-12-6-8-13(9-7-12)30-20(21,22)23)18(28)26-11-15(27)25-14-5-4-10-24-17(14)26/h4-10,16H,11H2,1-3H3,(H,25,27). The third-order valence-electron chi connectivity index (χ3n) is 4.21. The maximum Gasteiger partial charge on any atom is 0.573 e. The lowest BCUT2D eigenvalue weighted by atomic mass is 9.87. The number of benzene rings is 1. The summed E-state index contributed by atoms with van der Waals surface area (Å²) in [6.45, 7) is 5.11. The van der Waals surface area contributed by atoms with Crippen LogP contribution < -0.4 is 19.7 Å². The number of amides is 2. The SMILES string of the molecule is CC(C)(C)C(Oc1ccc(OC(F)(F)F)cc1)C(=O)N1CC(=O)Nc2cccnc21. The lowest BCUT2D eigenvalue weighted by Gasteiger charge is -2.35. The number of aromatic nitrogens is 1. The monoisotopic (exact) mass is 423 g/mol. The van der Waals surface area contributed by atoms with Crippen molar-refractivity contribution in [1.29, 1.82) is 0 Å². The Morgan fingerprint density at radius 1 is 1.13 bits per heavy atom. The topological polar surface area (TPSA) is 80.8 Å². The van der Waals surface area contributed by atoms with Crippen molar-refractivity contribution < 1.29 is 32.2 Å². The number of anilines is 2. The molecule has 0 bridgehead atoms. The molecule has 1 unspecified atom stereocenters. The van der Waals surface area contributed by atoms with Gasteiger partial charge in [0.1, 0.15) is 18.0 Å². The summed E-state index contributed by atoms with van der Waals surface area (Å²) < 4.78 is 46.7. The summed E-state index contributed by atoms with van der Waals surface area (Å²) in [5.74, 6) is -0.785. The fourth-order valence-corrected chi connectivity index (χ4v) is 2.90. The second kappa shape index (κ2) is 7.85. The lowest BCUT2D eigenvalue weighted by Crippen LogP contribution is -2.52. The smallest absolute Gasteiger partial charge is 0.480 e. The van der Waals surface area contributed by atoms with E-state index in [4.69, 9.17) is 4.74 Å². The minimum atomic E-state index is -4.80. The minimum absolute atomic E-state index is 0.181. The van der Waals surface area contributed by atoms with Crippen LogP contribution in [0.3, 0.4) is 0 Å². The molecule has 1 aromatic carbocycles. The van der Waals surface area contributed by atoms with Gasteiger partial charge in [-0.25, -0.2) is 4.98 Å². The van der Waals surface area contributed by atoms with E-state index >= 15 is 0 Å². The summed E-state index contributed by atoms with van der Waals surface area (Å²) in [6.07, 6.45) is -4.34. The van der Waals surface area contributed by atoms with Crippen LogP contribution in [-0.2, 0) is 9.59 Å². The van der Waals surface area contributed by atoms with Gasteiger partial charge in [0.15, 0.2) is 11.9 Å². The maximum absolute atomic E-state index is 13.3. The fourth-order valence-electron chi connectivity index (χ4n) is 2.90. The van der Waals surface area contributed by atoms with Gasteiger partial charge in [0, 0.05) is 11.6 Å². The van der Waals surface area contributed by atoms with Crippen LogP contribution >= 0.6 is 0 Å². The van der Waals surface area contributed by atoms with E-state index in [1.54, 1.807) is 32.9 Å². The molecule has 0 radical (unpaired) electrons. The molecule has 0 saturated heterocycles. The molecular formula is C20H20F3N3O4. The number of hydrogen-bond acceptors (Lipinski definition) is 5. The molecule has 0 spiro atoms. The Balaban J connectivity index is 1.85. The Bertz CT molecular complexity index is 940. The van der Waals surface area contributed by atoms with E-state index in [0.29, 0.717) is 11.5 Å². The molecule has 1 aliphatic rings. The molecule has 0 aliphatic carbocycles. The van der Waals surface area contributed by atoms with Gasteiger partial charge in [-0.1, -0.05) is 20.8 Å². The van der Waals surface area contributed by atoms with E-state index in [2.05, 4.69) is 15.0 Å². The Hall–Kier alpha value is -3.30. The third-order valence-corrected chi connectivity index (χ3v) is 4.21. The van der Waals surface area contributed by atoms with E-state index in [9.17, 15) is 22.8 Å². The van der Waals surface area contributed by atoms with Gasteiger partial charge in [-0.3, -0.25) is 14.5 Å². The summed E-state index contributed by atoms with van der Waals surface area (Å²) in [7, 11) is 0. The number of carbonyl (C=O) groups is 2. The van der Waals surface area contributed by atoms with Gasteiger partial charge in [-0.15, -0.1) is 13.2 Å². The molecule has 2 amide bonds. The second-order valence-electron chi connectivity index (χ2n) is 7.73. The van der Waals surface area contributed by atoms with E-state index < -0.39 is 29.5 Å². The number of hydrogen-bond donors (Lipinski definition) is 1. The van der Waals surface area contributed by atoms with Crippen LogP contribution in [0.1, 0.15) is 20.8 Å². The van der Waals surface area contributed by atoms with Gasteiger partial charge in [0.25, 0.3) is 5.91 Å². The Morgan fingerprint density at radius 2 is 1.77 bits per heavy atom. The summed E-state index contributed by atoms with van der Waals surface area (Å²) >= 11 is 0. The predicted octanol–water partition coefficient (Wildman–Crippen LogP) is 3.76. The summed E-state index contributed by atoms with van der Waals surface area (Å²) in [6, 6.07) is 8.02. The number of nitrogens with one attached hydrogen (secondary N) is 1. The number of nitrogens with zero attached hydrogens (tertiary/aromatic N) is 2. The quantitative estimate of drug-likeness (QED) is 0.810. The van der Waals surface area contributed by atoms with Crippen molar-refractivity contribution in [3.05, 3.63) is 42.6 Å². The highest BCUT2D eigenvalue weighted by molar-refractivity contribution is 6.10. The molecular weight excluding hydrogens is 403 g/mol. The molecule has 2 heterocycles. The largest absolute Gasteiger partial charge is 0.573 e. The first-order chi connectivity index (χ1) is 13.9. The minimum Gasteiger partial charge on any atom is -0.480 e. The van der Waals surface area contributed by atoms with Crippen molar-refractivity contribution in [2.45, 2.75) is 33.2 Å². The van der Waals surface area contributed by atoms with E-state index in [0.717, 1.165) is 12.1 Å². The van der Waals surface area contributed by atoms with Crippen molar-refractivity contribution in [1.82, 2.24) is 4.98 Å². The van der Waals surface area contributed by atoms with Crippen LogP contribution in [0.15, 0.2) is 42.6 Å². The maximum atomic E-state index is 13.3. The van der Waals surface area contributed by atoms with Crippen LogP contribution in [-0.4, -0.2) is 35.8 Å². The second-order valence-corrected chi connectivity index (χ2v) is 7.73. The zero-order valence-corrected chi connectivity index (χ0v) is 16.5. The van der Waals surface area contributed by atoms with Crippen molar-refractivity contribution in [2.75, 3.05) is 16.8 Å². The number of carbonyl (C=O) groups excluding carboxylic acids is 2. The first-order valence-corrected chi connectivity index (χ1v) is 9.03. The van der Waals surface area contributed by atoms with Crippen molar-refractivity contribution in [3.63, 3.8) is 0 Å². The van der Waals surface area contributed by atoms with Gasteiger partial charge in [-0.05, 0) is 36.4 Å². The summed E-state index contributed by atoms with van der Waals surface area (Å²) in [4.78, 5) is 30.8. The van der Waals surface area contributed by atoms with Crippen molar-refractivity contribution in [3.8, 4) is 11.5 Å².